The lowest BCUT2D eigenvalue weighted by molar-refractivity contribution is 0.119. The van der Waals surface area contributed by atoms with E-state index in [1.54, 1.807) is 18.4 Å². The van der Waals surface area contributed by atoms with E-state index in [0.717, 1.165) is 36.2 Å². The highest BCUT2D eigenvalue weighted by Gasteiger charge is 2.14. The van der Waals surface area contributed by atoms with E-state index in [9.17, 15) is 0 Å². The summed E-state index contributed by atoms with van der Waals surface area (Å²) in [4.78, 5) is 11.2. The van der Waals surface area contributed by atoms with E-state index in [1.807, 2.05) is 14.0 Å². The Morgan fingerprint density at radius 2 is 2.39 bits per heavy atom. The van der Waals surface area contributed by atoms with Gasteiger partial charge in [0.25, 0.3) is 0 Å². The van der Waals surface area contributed by atoms with Crippen molar-refractivity contribution < 1.29 is 4.74 Å². The van der Waals surface area contributed by atoms with Crippen molar-refractivity contribution in [1.29, 1.82) is 0 Å². The predicted molar refractivity (Wildman–Crippen MR) is 96.8 cm³/mol. The number of aliphatic imine (C=N–C) groups is 1. The number of guanidine groups is 1. The molecule has 0 bridgehead atoms. The molecule has 0 radical (unpaired) electrons. The van der Waals surface area contributed by atoms with Crippen molar-refractivity contribution >= 4 is 17.3 Å². The fourth-order valence-corrected chi connectivity index (χ4v) is 3.50. The van der Waals surface area contributed by atoms with Crippen LogP contribution < -0.4 is 5.32 Å². The lowest BCUT2D eigenvalue weighted by atomic mass is 9.94. The molecule has 0 saturated heterocycles. The van der Waals surface area contributed by atoms with E-state index in [0.29, 0.717) is 5.92 Å². The molecule has 1 heterocycles. The zero-order valence-corrected chi connectivity index (χ0v) is 15.4. The van der Waals surface area contributed by atoms with Crippen molar-refractivity contribution in [3.05, 3.63) is 28.2 Å². The fourth-order valence-electron chi connectivity index (χ4n) is 2.66. The molecule has 5 nitrogen and oxygen atoms in total. The van der Waals surface area contributed by atoms with Gasteiger partial charge in [-0.1, -0.05) is 12.2 Å². The Bertz CT molecular complexity index is 540. The number of rotatable bonds is 6. The van der Waals surface area contributed by atoms with Crippen molar-refractivity contribution in [2.24, 2.45) is 10.9 Å². The van der Waals surface area contributed by atoms with Crippen LogP contribution in [0.2, 0.25) is 0 Å². The molecule has 0 spiro atoms. The van der Waals surface area contributed by atoms with E-state index in [4.69, 9.17) is 4.74 Å². The lowest BCUT2D eigenvalue weighted by Gasteiger charge is -2.24. The number of allylic oxidation sites excluding steroid dienone is 2. The smallest absolute Gasteiger partial charge is 0.193 e. The molecule has 6 heteroatoms. The summed E-state index contributed by atoms with van der Waals surface area (Å²) < 4.78 is 5.32. The molecule has 0 unspecified atom stereocenters. The zero-order valence-electron chi connectivity index (χ0n) is 14.6. The van der Waals surface area contributed by atoms with Gasteiger partial charge >= 0.3 is 0 Å². The monoisotopic (exact) mass is 336 g/mol. The number of hydrogen-bond donors (Lipinski definition) is 1. The summed E-state index contributed by atoms with van der Waals surface area (Å²) in [6, 6.07) is 0. The Labute approximate surface area is 143 Å². The second kappa shape index (κ2) is 9.03. The highest BCUT2D eigenvalue weighted by molar-refractivity contribution is 7.09. The number of nitrogens with one attached hydrogen (secondary N) is 1. The van der Waals surface area contributed by atoms with Crippen molar-refractivity contribution in [2.45, 2.75) is 38.8 Å². The molecular weight excluding hydrogens is 308 g/mol. The summed E-state index contributed by atoms with van der Waals surface area (Å²) in [5.41, 5.74) is 1.06. The molecule has 0 aliphatic heterocycles. The van der Waals surface area contributed by atoms with Gasteiger partial charge in [-0.15, -0.1) is 11.3 Å². The first kappa shape index (κ1) is 17.9. The summed E-state index contributed by atoms with van der Waals surface area (Å²) in [5, 5.41) is 6.61. The Morgan fingerprint density at radius 1 is 1.57 bits per heavy atom. The van der Waals surface area contributed by atoms with Gasteiger partial charge < -0.3 is 15.0 Å². The van der Waals surface area contributed by atoms with Gasteiger partial charge in [-0.3, -0.25) is 4.99 Å². The summed E-state index contributed by atoms with van der Waals surface area (Å²) in [6.07, 6.45) is 8.23. The second-order valence-electron chi connectivity index (χ2n) is 5.99. The number of aromatic nitrogens is 1. The van der Waals surface area contributed by atoms with Crippen LogP contribution in [0.25, 0.3) is 0 Å². The molecule has 1 aromatic heterocycles. The minimum atomic E-state index is 0.0517. The van der Waals surface area contributed by atoms with E-state index in [1.165, 1.54) is 12.8 Å². The summed E-state index contributed by atoms with van der Waals surface area (Å²) in [5.74, 6) is 1.63. The van der Waals surface area contributed by atoms with E-state index >= 15 is 0 Å². The van der Waals surface area contributed by atoms with Crippen molar-refractivity contribution in [1.82, 2.24) is 15.2 Å². The largest absolute Gasteiger partial charge is 0.375 e. The number of ether oxygens (including phenoxy) is 1. The molecule has 0 aromatic carbocycles. The van der Waals surface area contributed by atoms with Gasteiger partial charge in [0.1, 0.15) is 11.1 Å². The van der Waals surface area contributed by atoms with Crippen LogP contribution in [0.5, 0.6) is 0 Å². The van der Waals surface area contributed by atoms with Gasteiger partial charge in [-0.05, 0) is 32.1 Å². The topological polar surface area (TPSA) is 49.8 Å². The third-order valence-corrected chi connectivity index (χ3v) is 5.22. The van der Waals surface area contributed by atoms with Gasteiger partial charge in [0, 0.05) is 33.1 Å². The summed E-state index contributed by atoms with van der Waals surface area (Å²) >= 11 is 1.65. The quantitative estimate of drug-likeness (QED) is 0.492. The van der Waals surface area contributed by atoms with Gasteiger partial charge in [0.2, 0.25) is 0 Å². The second-order valence-corrected chi connectivity index (χ2v) is 6.88. The minimum Gasteiger partial charge on any atom is -0.375 e. The highest BCUT2D eigenvalue weighted by atomic mass is 32.1. The van der Waals surface area contributed by atoms with E-state index < -0.39 is 0 Å². The van der Waals surface area contributed by atoms with E-state index in [-0.39, 0.29) is 6.10 Å². The van der Waals surface area contributed by atoms with Crippen LogP contribution >= 0.6 is 11.3 Å². The van der Waals surface area contributed by atoms with Gasteiger partial charge in [0.05, 0.1) is 12.2 Å². The maximum atomic E-state index is 5.32. The maximum absolute atomic E-state index is 5.32. The molecule has 128 valence electrons. The summed E-state index contributed by atoms with van der Waals surface area (Å²) in [7, 11) is 5.60. The minimum absolute atomic E-state index is 0.0517. The molecule has 23 heavy (non-hydrogen) atoms. The van der Waals surface area contributed by atoms with E-state index in [2.05, 4.69) is 44.8 Å². The predicted octanol–water partition coefficient (Wildman–Crippen LogP) is 3.21. The Balaban J connectivity index is 1.85. The number of thiazole rings is 1. The average molecular weight is 337 g/mol. The van der Waals surface area contributed by atoms with Gasteiger partial charge in [-0.25, -0.2) is 4.98 Å². The van der Waals surface area contributed by atoms with Crippen LogP contribution in [-0.2, 0) is 11.3 Å². The Hall–Kier alpha value is -1.40. The Morgan fingerprint density at radius 3 is 3.04 bits per heavy atom. The molecule has 0 amide bonds. The first-order valence-corrected chi connectivity index (χ1v) is 9.05. The fraction of sp³-hybridized carbons (Fsp3) is 0.647. The molecule has 1 aromatic rings. The SMILES string of the molecule is CN=C(NC[C@@H]1CC=CCC1)N(C)Cc1csc([C@@H](C)OC)n1. The van der Waals surface area contributed by atoms with Crippen LogP contribution in [0.1, 0.15) is 43.0 Å². The van der Waals surface area contributed by atoms with Crippen LogP contribution in [0, 0.1) is 5.92 Å². The first-order valence-electron chi connectivity index (χ1n) is 8.18. The maximum Gasteiger partial charge on any atom is 0.193 e. The molecule has 0 saturated carbocycles. The third kappa shape index (κ3) is 5.32. The number of methoxy groups -OCH3 is 1. The molecule has 2 rings (SSSR count). The molecular formula is C17H28N4OS. The molecule has 2 atom stereocenters. The van der Waals surface area contributed by atoms with Gasteiger partial charge in [-0.2, -0.15) is 0 Å². The zero-order chi connectivity index (χ0) is 16.7. The highest BCUT2D eigenvalue weighted by Crippen LogP contribution is 2.21. The van der Waals surface area contributed by atoms with Crippen LogP contribution in [0.3, 0.4) is 0 Å². The number of hydrogen-bond acceptors (Lipinski definition) is 4. The lowest BCUT2D eigenvalue weighted by Crippen LogP contribution is -2.40. The van der Waals surface area contributed by atoms with Crippen molar-refractivity contribution in [3.63, 3.8) is 0 Å². The standard InChI is InChI=1S/C17H28N4OS/c1-13(22-4)16-20-15(12-23-16)11-21(3)17(18-2)19-10-14-8-6-5-7-9-14/h5-6,12-14H,7-11H2,1-4H3,(H,18,19)/t13-,14-/m1/s1. The Kier molecular flexibility index (Phi) is 7.05. The molecule has 1 aliphatic rings. The normalized spacial score (nSPS) is 19.7. The summed E-state index contributed by atoms with van der Waals surface area (Å²) in [6.45, 7) is 3.74. The molecule has 0 fully saturated rings. The average Bonchev–Trinajstić information content (AvgIpc) is 3.04. The van der Waals surface area contributed by atoms with Crippen molar-refractivity contribution in [2.75, 3.05) is 27.7 Å². The van der Waals surface area contributed by atoms with Gasteiger partial charge in [0.15, 0.2) is 5.96 Å². The van der Waals surface area contributed by atoms with Crippen molar-refractivity contribution in [3.8, 4) is 0 Å². The molecule has 1 aliphatic carbocycles. The molecule has 1 N–H and O–H groups in total. The third-order valence-electron chi connectivity index (χ3n) is 4.17. The van der Waals surface area contributed by atoms with Crippen LogP contribution in [-0.4, -0.2) is 43.6 Å². The van der Waals surface area contributed by atoms with Crippen LogP contribution in [0.15, 0.2) is 22.5 Å². The van der Waals surface area contributed by atoms with Crippen LogP contribution in [0.4, 0.5) is 0 Å². The first-order chi connectivity index (χ1) is 11.1. The number of nitrogens with zero attached hydrogens (tertiary/aromatic N) is 3.